The number of rotatable bonds is 6. The van der Waals surface area contributed by atoms with Crippen LogP contribution < -0.4 is 5.32 Å². The summed E-state index contributed by atoms with van der Waals surface area (Å²) in [6.45, 7) is 4.75. The number of pyridine rings is 1. The Bertz CT molecular complexity index is 816. The molecule has 2 aromatic rings. The molecular weight excluding hydrogens is 352 g/mol. The van der Waals surface area contributed by atoms with Crippen molar-refractivity contribution in [2.24, 2.45) is 5.92 Å². The first kappa shape index (κ1) is 18.8. The number of carbonyl (C=O) groups excluding carboxylic acids is 1. The molecule has 1 amide bonds. The molecule has 7 nitrogen and oxygen atoms in total. The molecule has 0 spiro atoms. The number of nitrogens with one attached hydrogen (secondary N) is 1. The average molecular weight is 380 g/mol. The predicted octanol–water partition coefficient (Wildman–Crippen LogP) is 1.86. The number of aromatic nitrogens is 4. The first-order valence-corrected chi connectivity index (χ1v) is 10.3. The van der Waals surface area contributed by atoms with Crippen LogP contribution in [-0.4, -0.2) is 56.7 Å². The number of carbonyl (C=O) groups is 1. The summed E-state index contributed by atoms with van der Waals surface area (Å²) < 4.78 is 2.25. The highest BCUT2D eigenvalue weighted by Crippen LogP contribution is 2.20. The molecule has 148 valence electrons. The van der Waals surface area contributed by atoms with Gasteiger partial charge in [-0.25, -0.2) is 0 Å². The minimum absolute atomic E-state index is 0.101. The van der Waals surface area contributed by atoms with Crippen molar-refractivity contribution in [2.45, 2.75) is 38.6 Å². The molecule has 28 heavy (non-hydrogen) atoms. The topological polar surface area (TPSA) is 75.9 Å². The molecule has 7 heteroatoms. The van der Waals surface area contributed by atoms with E-state index in [-0.39, 0.29) is 5.91 Å². The van der Waals surface area contributed by atoms with Crippen LogP contribution in [0.5, 0.6) is 0 Å². The van der Waals surface area contributed by atoms with Gasteiger partial charge in [-0.1, -0.05) is 12.2 Å². The first-order chi connectivity index (χ1) is 13.8. The summed E-state index contributed by atoms with van der Waals surface area (Å²) in [6.07, 6.45) is 13.2. The molecule has 0 saturated carbocycles. The Kier molecular flexibility index (Phi) is 6.11. The Morgan fingerprint density at radius 2 is 2.18 bits per heavy atom. The van der Waals surface area contributed by atoms with Gasteiger partial charge in [0.2, 0.25) is 0 Å². The van der Waals surface area contributed by atoms with Crippen LogP contribution in [0, 0.1) is 5.92 Å². The maximum atomic E-state index is 12.1. The summed E-state index contributed by atoms with van der Waals surface area (Å²) in [5.41, 5.74) is 0.579. The number of hydrogen-bond donors (Lipinski definition) is 1. The van der Waals surface area contributed by atoms with Crippen LogP contribution in [0.4, 0.5) is 0 Å². The van der Waals surface area contributed by atoms with Crippen LogP contribution >= 0.6 is 0 Å². The second kappa shape index (κ2) is 9.10. The summed E-state index contributed by atoms with van der Waals surface area (Å²) in [6, 6.07) is 3.53. The van der Waals surface area contributed by atoms with Crippen LogP contribution in [0.3, 0.4) is 0 Å². The highest BCUT2D eigenvalue weighted by molar-refractivity contribution is 5.93. The number of nitrogens with zero attached hydrogens (tertiary/aromatic N) is 5. The summed E-state index contributed by atoms with van der Waals surface area (Å²) in [5, 5.41) is 11.7. The van der Waals surface area contributed by atoms with E-state index in [1.807, 2.05) is 0 Å². The van der Waals surface area contributed by atoms with Gasteiger partial charge < -0.3 is 14.8 Å². The maximum absolute atomic E-state index is 12.1. The van der Waals surface area contributed by atoms with Gasteiger partial charge in [-0.15, -0.1) is 10.2 Å². The maximum Gasteiger partial charge on any atom is 0.252 e. The lowest BCUT2D eigenvalue weighted by Gasteiger charge is -2.26. The largest absolute Gasteiger partial charge is 0.352 e. The van der Waals surface area contributed by atoms with Gasteiger partial charge in [-0.2, -0.15) is 0 Å². The zero-order valence-corrected chi connectivity index (χ0v) is 16.3. The second-order valence-electron chi connectivity index (χ2n) is 7.63. The molecule has 2 aromatic heterocycles. The number of allylic oxidation sites excluding steroid dienone is 2. The SMILES string of the molecule is O=C(NCCc1nnc2n1CCN(CC1CC=CCC1)CC2)c1cccnc1. The van der Waals surface area contributed by atoms with Gasteiger partial charge in [0.1, 0.15) is 11.6 Å². The van der Waals surface area contributed by atoms with E-state index < -0.39 is 0 Å². The molecular formula is C21H28N6O. The van der Waals surface area contributed by atoms with E-state index >= 15 is 0 Å². The van der Waals surface area contributed by atoms with Crippen LogP contribution in [0.15, 0.2) is 36.7 Å². The molecule has 2 aliphatic rings. The highest BCUT2D eigenvalue weighted by Gasteiger charge is 2.21. The van der Waals surface area contributed by atoms with Gasteiger partial charge in [0.05, 0.1) is 5.56 Å². The zero-order chi connectivity index (χ0) is 19.2. The lowest BCUT2D eigenvalue weighted by atomic mass is 9.94. The fourth-order valence-corrected chi connectivity index (χ4v) is 4.07. The van der Waals surface area contributed by atoms with E-state index in [0.29, 0.717) is 18.5 Å². The summed E-state index contributed by atoms with van der Waals surface area (Å²) in [7, 11) is 0. The Morgan fingerprint density at radius 3 is 3.00 bits per heavy atom. The number of amides is 1. The van der Waals surface area contributed by atoms with Crippen LogP contribution in [0.1, 0.15) is 41.3 Å². The third-order valence-corrected chi connectivity index (χ3v) is 5.65. The Balaban J connectivity index is 1.28. The quantitative estimate of drug-likeness (QED) is 0.774. The van der Waals surface area contributed by atoms with Gasteiger partial charge in [0, 0.05) is 58.0 Å². The van der Waals surface area contributed by atoms with Gasteiger partial charge >= 0.3 is 0 Å². The highest BCUT2D eigenvalue weighted by atomic mass is 16.1. The van der Waals surface area contributed by atoms with Gasteiger partial charge in [0.15, 0.2) is 0 Å². The van der Waals surface area contributed by atoms with Crippen molar-refractivity contribution in [3.05, 3.63) is 53.9 Å². The molecule has 0 aromatic carbocycles. The Hall–Kier alpha value is -2.54. The lowest BCUT2D eigenvalue weighted by Crippen LogP contribution is -2.32. The van der Waals surface area contributed by atoms with E-state index in [0.717, 1.165) is 43.6 Å². The zero-order valence-electron chi connectivity index (χ0n) is 16.3. The van der Waals surface area contributed by atoms with E-state index in [2.05, 4.69) is 42.1 Å². The van der Waals surface area contributed by atoms with E-state index in [4.69, 9.17) is 0 Å². The summed E-state index contributed by atoms with van der Waals surface area (Å²) in [5.74, 6) is 2.72. The van der Waals surface area contributed by atoms with Crippen molar-refractivity contribution < 1.29 is 4.79 Å². The Morgan fingerprint density at radius 1 is 1.21 bits per heavy atom. The normalized spacial score (nSPS) is 19.8. The van der Waals surface area contributed by atoms with Crippen molar-refractivity contribution in [1.82, 2.24) is 30.0 Å². The molecule has 1 aliphatic carbocycles. The number of fused-ring (bicyclic) bond motifs is 1. The van der Waals surface area contributed by atoms with Gasteiger partial charge in [0.25, 0.3) is 5.91 Å². The monoisotopic (exact) mass is 380 g/mol. The van der Waals surface area contributed by atoms with Crippen LogP contribution in [0.2, 0.25) is 0 Å². The van der Waals surface area contributed by atoms with Crippen LogP contribution in [0.25, 0.3) is 0 Å². The molecule has 1 atom stereocenters. The molecule has 4 rings (SSSR count). The van der Waals surface area contributed by atoms with Crippen molar-refractivity contribution in [3.63, 3.8) is 0 Å². The van der Waals surface area contributed by atoms with Gasteiger partial charge in [-0.3, -0.25) is 9.78 Å². The summed E-state index contributed by atoms with van der Waals surface area (Å²) in [4.78, 5) is 18.7. The molecule has 1 unspecified atom stereocenters. The smallest absolute Gasteiger partial charge is 0.252 e. The van der Waals surface area contributed by atoms with Crippen molar-refractivity contribution >= 4 is 5.91 Å². The minimum atomic E-state index is -0.101. The molecule has 0 saturated heterocycles. The van der Waals surface area contributed by atoms with Crippen molar-refractivity contribution in [2.75, 3.05) is 26.2 Å². The molecule has 0 radical (unpaired) electrons. The minimum Gasteiger partial charge on any atom is -0.352 e. The van der Waals surface area contributed by atoms with Gasteiger partial charge in [-0.05, 0) is 37.3 Å². The predicted molar refractivity (Wildman–Crippen MR) is 107 cm³/mol. The van der Waals surface area contributed by atoms with Crippen molar-refractivity contribution in [3.8, 4) is 0 Å². The second-order valence-corrected chi connectivity index (χ2v) is 7.63. The lowest BCUT2D eigenvalue weighted by molar-refractivity contribution is 0.0953. The fourth-order valence-electron chi connectivity index (χ4n) is 4.07. The third-order valence-electron chi connectivity index (χ3n) is 5.65. The first-order valence-electron chi connectivity index (χ1n) is 10.3. The number of hydrogen-bond acceptors (Lipinski definition) is 5. The van der Waals surface area contributed by atoms with Crippen LogP contribution in [-0.2, 0) is 19.4 Å². The molecule has 1 N–H and O–H groups in total. The molecule has 0 fully saturated rings. The van der Waals surface area contributed by atoms with E-state index in [9.17, 15) is 4.79 Å². The molecule has 0 bridgehead atoms. The summed E-state index contributed by atoms with van der Waals surface area (Å²) >= 11 is 0. The fraction of sp³-hybridized carbons (Fsp3) is 0.524. The van der Waals surface area contributed by atoms with Crippen molar-refractivity contribution in [1.29, 1.82) is 0 Å². The third kappa shape index (κ3) is 4.65. The van der Waals surface area contributed by atoms with E-state index in [1.54, 1.807) is 24.5 Å². The van der Waals surface area contributed by atoms with E-state index in [1.165, 1.54) is 25.8 Å². The molecule has 1 aliphatic heterocycles. The average Bonchev–Trinajstić information content (AvgIpc) is 3.01. The standard InChI is InChI=1S/C21H28N6O/c28-21(18-7-4-10-22-15-18)23-11-8-19-24-25-20-9-12-26(13-14-27(19)20)16-17-5-2-1-3-6-17/h1-2,4,7,10,15,17H,3,5-6,8-9,11-14,16H2,(H,23,28). The Labute approximate surface area is 165 Å². The molecule has 3 heterocycles.